The van der Waals surface area contributed by atoms with Gasteiger partial charge in [0.15, 0.2) is 11.5 Å². The van der Waals surface area contributed by atoms with E-state index in [1.165, 1.54) is 19.2 Å². The minimum atomic E-state index is -0.501. The number of benzene rings is 2. The molecular formula is C26H27N3O7S. The lowest BCUT2D eigenvalue weighted by Gasteiger charge is -2.31. The number of nitro groups is 1. The van der Waals surface area contributed by atoms with Crippen LogP contribution in [-0.4, -0.2) is 58.5 Å². The van der Waals surface area contributed by atoms with Crippen molar-refractivity contribution in [2.75, 3.05) is 26.7 Å². The topological polar surface area (TPSA) is 119 Å². The number of methoxy groups -OCH3 is 1. The summed E-state index contributed by atoms with van der Waals surface area (Å²) >= 11 is 0.795. The number of piperidine rings is 1. The third-order valence-electron chi connectivity index (χ3n) is 6.30. The van der Waals surface area contributed by atoms with E-state index in [9.17, 15) is 24.5 Å². The Hall–Kier alpha value is -3.86. The number of amides is 3. The van der Waals surface area contributed by atoms with Crippen molar-refractivity contribution in [2.45, 2.75) is 26.4 Å². The van der Waals surface area contributed by atoms with Gasteiger partial charge in [-0.3, -0.25) is 29.4 Å². The van der Waals surface area contributed by atoms with Crippen molar-refractivity contribution in [3.05, 3.63) is 68.6 Å². The van der Waals surface area contributed by atoms with Gasteiger partial charge in [-0.2, -0.15) is 0 Å². The van der Waals surface area contributed by atoms with E-state index in [2.05, 4.69) is 6.92 Å². The zero-order valence-electron chi connectivity index (χ0n) is 20.5. The zero-order chi connectivity index (χ0) is 26.5. The van der Waals surface area contributed by atoms with Gasteiger partial charge in [0.05, 0.1) is 16.9 Å². The highest BCUT2D eigenvalue weighted by atomic mass is 32.2. The highest BCUT2D eigenvalue weighted by Gasteiger charge is 2.37. The molecule has 2 heterocycles. The Kier molecular flexibility index (Phi) is 8.12. The van der Waals surface area contributed by atoms with Gasteiger partial charge in [0.1, 0.15) is 13.2 Å². The summed E-state index contributed by atoms with van der Waals surface area (Å²) in [6.45, 7) is 3.27. The quantitative estimate of drug-likeness (QED) is 0.281. The van der Waals surface area contributed by atoms with E-state index in [4.69, 9.17) is 9.47 Å². The molecule has 2 saturated heterocycles. The second kappa shape index (κ2) is 11.5. The zero-order valence-corrected chi connectivity index (χ0v) is 21.4. The molecule has 10 nitrogen and oxygen atoms in total. The lowest BCUT2D eigenvalue weighted by molar-refractivity contribution is -0.384. The van der Waals surface area contributed by atoms with Crippen LogP contribution in [0.5, 0.6) is 11.5 Å². The van der Waals surface area contributed by atoms with Crippen LogP contribution in [-0.2, 0) is 16.2 Å². The summed E-state index contributed by atoms with van der Waals surface area (Å²) < 4.78 is 11.2. The van der Waals surface area contributed by atoms with Crippen molar-refractivity contribution < 1.29 is 28.8 Å². The van der Waals surface area contributed by atoms with E-state index in [0.717, 1.165) is 29.5 Å². The number of nitro benzene ring substituents is 1. The molecule has 2 aromatic carbocycles. The number of thioether (sulfide) groups is 1. The SMILES string of the molecule is COc1cc(/C=C2/SC(=O)N(CC(=O)N3CCC(C)CC3)C2=O)ccc1OCc1cccc([N+](=O)[O-])c1. The Balaban J connectivity index is 1.42. The first kappa shape index (κ1) is 26.2. The molecule has 0 aliphatic carbocycles. The third-order valence-corrected chi connectivity index (χ3v) is 7.21. The smallest absolute Gasteiger partial charge is 0.294 e. The van der Waals surface area contributed by atoms with Crippen molar-refractivity contribution in [3.8, 4) is 11.5 Å². The Labute approximate surface area is 218 Å². The molecule has 4 rings (SSSR count). The Bertz CT molecular complexity index is 1250. The van der Waals surface area contributed by atoms with Crippen LogP contribution in [0.25, 0.3) is 6.08 Å². The molecule has 2 aromatic rings. The Morgan fingerprint density at radius 3 is 2.62 bits per heavy atom. The summed E-state index contributed by atoms with van der Waals surface area (Å²) in [5.41, 5.74) is 1.22. The molecule has 3 amide bonds. The molecular weight excluding hydrogens is 498 g/mol. The first-order valence-electron chi connectivity index (χ1n) is 11.8. The van der Waals surface area contributed by atoms with Crippen LogP contribution in [0.3, 0.4) is 0 Å². The van der Waals surface area contributed by atoms with Crippen LogP contribution in [0.1, 0.15) is 30.9 Å². The van der Waals surface area contributed by atoms with E-state index in [0.29, 0.717) is 41.6 Å². The predicted molar refractivity (Wildman–Crippen MR) is 138 cm³/mol. The van der Waals surface area contributed by atoms with Gasteiger partial charge in [-0.15, -0.1) is 0 Å². The van der Waals surface area contributed by atoms with Crippen LogP contribution in [0.4, 0.5) is 10.5 Å². The normalized spacial score (nSPS) is 17.4. The number of nitrogens with zero attached hydrogens (tertiary/aromatic N) is 3. The van der Waals surface area contributed by atoms with E-state index >= 15 is 0 Å². The maximum absolute atomic E-state index is 12.9. The lowest BCUT2D eigenvalue weighted by atomic mass is 9.99. The highest BCUT2D eigenvalue weighted by molar-refractivity contribution is 8.18. The molecule has 2 aliphatic heterocycles. The van der Waals surface area contributed by atoms with Crippen LogP contribution < -0.4 is 9.47 Å². The van der Waals surface area contributed by atoms with Crippen molar-refractivity contribution in [2.24, 2.45) is 5.92 Å². The van der Waals surface area contributed by atoms with Gasteiger partial charge in [-0.25, -0.2) is 0 Å². The Morgan fingerprint density at radius 2 is 1.92 bits per heavy atom. The lowest BCUT2D eigenvalue weighted by Crippen LogP contribution is -2.45. The van der Waals surface area contributed by atoms with Gasteiger partial charge < -0.3 is 14.4 Å². The van der Waals surface area contributed by atoms with Crippen LogP contribution in [0.2, 0.25) is 0 Å². The second-order valence-corrected chi connectivity index (χ2v) is 9.95. The molecule has 0 unspecified atom stereocenters. The minimum Gasteiger partial charge on any atom is -0.493 e. The van der Waals surface area contributed by atoms with Crippen LogP contribution in [0.15, 0.2) is 47.4 Å². The molecule has 0 atom stereocenters. The minimum absolute atomic E-state index is 0.0235. The monoisotopic (exact) mass is 525 g/mol. The maximum atomic E-state index is 12.9. The van der Waals surface area contributed by atoms with Crippen molar-refractivity contribution in [1.29, 1.82) is 0 Å². The van der Waals surface area contributed by atoms with Gasteiger partial charge in [0.25, 0.3) is 16.8 Å². The number of non-ortho nitro benzene ring substituents is 1. The molecule has 0 N–H and O–H groups in total. The summed E-state index contributed by atoms with van der Waals surface area (Å²) in [5.74, 6) is 0.660. The fourth-order valence-corrected chi connectivity index (χ4v) is 4.93. The summed E-state index contributed by atoms with van der Waals surface area (Å²) in [6, 6.07) is 11.2. The van der Waals surface area contributed by atoms with E-state index in [-0.39, 0.29) is 29.7 Å². The number of ether oxygens (including phenoxy) is 2. The number of hydrogen-bond acceptors (Lipinski definition) is 8. The van der Waals surface area contributed by atoms with E-state index in [1.807, 2.05) is 0 Å². The summed E-state index contributed by atoms with van der Waals surface area (Å²) in [7, 11) is 1.47. The molecule has 194 valence electrons. The number of hydrogen-bond donors (Lipinski definition) is 0. The molecule has 0 saturated carbocycles. The molecule has 0 aromatic heterocycles. The number of likely N-dealkylation sites (tertiary alicyclic amines) is 1. The molecule has 0 radical (unpaired) electrons. The fourth-order valence-electron chi connectivity index (χ4n) is 4.10. The van der Waals surface area contributed by atoms with Crippen molar-refractivity contribution >= 4 is 40.6 Å². The molecule has 0 bridgehead atoms. The van der Waals surface area contributed by atoms with Crippen LogP contribution in [0, 0.1) is 16.0 Å². The molecule has 37 heavy (non-hydrogen) atoms. The van der Waals surface area contributed by atoms with Gasteiger partial charge in [-0.1, -0.05) is 25.1 Å². The highest BCUT2D eigenvalue weighted by Crippen LogP contribution is 2.35. The van der Waals surface area contributed by atoms with Crippen molar-refractivity contribution in [1.82, 2.24) is 9.80 Å². The summed E-state index contributed by atoms with van der Waals surface area (Å²) in [6.07, 6.45) is 3.41. The molecule has 2 fully saturated rings. The standard InChI is InChI=1S/C26H27N3O7S/c1-17-8-10-27(11-9-17)24(30)15-28-25(31)23(37-26(28)32)14-18-6-7-21(22(13-18)35-2)36-16-19-4-3-5-20(12-19)29(33)34/h3-7,12-14,17H,8-11,15-16H2,1-2H3/b23-14+. The van der Waals surface area contributed by atoms with Crippen LogP contribution >= 0.6 is 11.8 Å². The molecule has 2 aliphatic rings. The van der Waals surface area contributed by atoms with Gasteiger partial charge in [0.2, 0.25) is 5.91 Å². The number of carbonyl (C=O) groups excluding carboxylic acids is 3. The van der Waals surface area contributed by atoms with E-state index in [1.54, 1.807) is 41.3 Å². The first-order valence-corrected chi connectivity index (χ1v) is 12.6. The molecule has 0 spiro atoms. The first-order chi connectivity index (χ1) is 17.7. The average Bonchev–Trinajstić information content (AvgIpc) is 3.15. The van der Waals surface area contributed by atoms with Gasteiger partial charge in [-0.05, 0) is 59.9 Å². The molecule has 11 heteroatoms. The van der Waals surface area contributed by atoms with Gasteiger partial charge >= 0.3 is 0 Å². The summed E-state index contributed by atoms with van der Waals surface area (Å²) in [4.78, 5) is 51.5. The number of rotatable bonds is 8. The van der Waals surface area contributed by atoms with Gasteiger partial charge in [0, 0.05) is 25.2 Å². The fraction of sp³-hybridized carbons (Fsp3) is 0.346. The summed E-state index contributed by atoms with van der Waals surface area (Å²) in [5, 5.41) is 10.5. The average molecular weight is 526 g/mol. The number of imide groups is 1. The predicted octanol–water partition coefficient (Wildman–Crippen LogP) is 4.48. The largest absolute Gasteiger partial charge is 0.493 e. The maximum Gasteiger partial charge on any atom is 0.294 e. The third kappa shape index (κ3) is 6.29. The second-order valence-electron chi connectivity index (χ2n) is 8.96. The number of carbonyl (C=O) groups is 3. The van der Waals surface area contributed by atoms with E-state index < -0.39 is 16.1 Å². The Morgan fingerprint density at radius 1 is 1.16 bits per heavy atom. The van der Waals surface area contributed by atoms with Crippen molar-refractivity contribution in [3.63, 3.8) is 0 Å².